The smallest absolute Gasteiger partial charge is 0.254 e. The lowest BCUT2D eigenvalue weighted by Gasteiger charge is -2.10. The fourth-order valence-corrected chi connectivity index (χ4v) is 1.52. The van der Waals surface area contributed by atoms with E-state index < -0.39 is 11.6 Å². The number of pyridine rings is 1. The lowest BCUT2D eigenvalue weighted by Crippen LogP contribution is -2.21. The van der Waals surface area contributed by atoms with Crippen LogP contribution in [0.15, 0.2) is 24.4 Å². The van der Waals surface area contributed by atoms with Crippen molar-refractivity contribution in [2.24, 2.45) is 0 Å². The van der Waals surface area contributed by atoms with Crippen LogP contribution < -0.4 is 0 Å². The van der Waals surface area contributed by atoms with E-state index in [1.165, 1.54) is 23.2 Å². The number of carbonyl (C=O) groups is 1. The zero-order chi connectivity index (χ0) is 12.6. The number of hydrogen-bond acceptors (Lipinski definition) is 2. The van der Waals surface area contributed by atoms with E-state index in [0.717, 1.165) is 6.07 Å². The van der Waals surface area contributed by atoms with Gasteiger partial charge in [-0.2, -0.15) is 0 Å². The summed E-state index contributed by atoms with van der Waals surface area (Å²) in [6.45, 7) is 0. The highest BCUT2D eigenvalue weighted by Gasteiger charge is 2.12. The number of hydrogen-bond donors (Lipinski definition) is 0. The molecule has 0 radical (unpaired) electrons. The van der Waals surface area contributed by atoms with Gasteiger partial charge in [-0.15, -0.1) is 0 Å². The molecule has 1 amide bonds. The van der Waals surface area contributed by atoms with Crippen molar-refractivity contribution in [2.75, 3.05) is 14.1 Å². The van der Waals surface area contributed by atoms with Crippen LogP contribution in [0.2, 0.25) is 0 Å². The van der Waals surface area contributed by atoms with Gasteiger partial charge in [0.05, 0.1) is 5.56 Å². The molecule has 1 aromatic heterocycles. The van der Waals surface area contributed by atoms with Gasteiger partial charge >= 0.3 is 0 Å². The number of carbonyl (C=O) groups excluding carboxylic acids is 1. The molecule has 0 aliphatic carbocycles. The maximum atomic E-state index is 13.4. The monoisotopic (exact) mass is 236 g/mol. The van der Waals surface area contributed by atoms with Gasteiger partial charge in [0.15, 0.2) is 11.6 Å². The molecule has 88 valence electrons. The summed E-state index contributed by atoms with van der Waals surface area (Å²) in [5.74, 6) is -2.17. The lowest BCUT2D eigenvalue weighted by molar-refractivity contribution is 0.0827. The van der Waals surface area contributed by atoms with Gasteiger partial charge in [-0.3, -0.25) is 9.78 Å². The first-order valence-corrected chi connectivity index (χ1v) is 4.96. The Morgan fingerprint density at radius 2 is 2.00 bits per heavy atom. The zero-order valence-electron chi connectivity index (χ0n) is 9.37. The zero-order valence-corrected chi connectivity index (χ0v) is 9.37. The average molecular weight is 236 g/mol. The average Bonchev–Trinajstić information content (AvgIpc) is 2.32. The van der Waals surface area contributed by atoms with Gasteiger partial charge in [-0.1, -0.05) is 0 Å². The number of rotatable bonds is 1. The Morgan fingerprint density at radius 3 is 2.65 bits per heavy atom. The Balaban J connectivity index is 2.60. The number of benzene rings is 1. The number of nitrogens with zero attached hydrogens (tertiary/aromatic N) is 2. The Morgan fingerprint density at radius 1 is 1.29 bits per heavy atom. The van der Waals surface area contributed by atoms with Crippen molar-refractivity contribution < 1.29 is 13.6 Å². The molecule has 0 aliphatic heterocycles. The molecule has 0 saturated heterocycles. The highest BCUT2D eigenvalue weighted by molar-refractivity contribution is 5.97. The highest BCUT2D eigenvalue weighted by Crippen LogP contribution is 2.19. The number of amides is 1. The van der Waals surface area contributed by atoms with Crippen molar-refractivity contribution in [3.63, 3.8) is 0 Å². The highest BCUT2D eigenvalue weighted by atomic mass is 19.2. The predicted octanol–water partition coefficient (Wildman–Crippen LogP) is 2.21. The van der Waals surface area contributed by atoms with Crippen LogP contribution in [0.1, 0.15) is 10.4 Å². The quantitative estimate of drug-likeness (QED) is 0.760. The van der Waals surface area contributed by atoms with Crippen LogP contribution in [-0.2, 0) is 0 Å². The predicted molar refractivity (Wildman–Crippen MR) is 59.7 cm³/mol. The SMILES string of the molecule is CN(C)C(=O)c1cnc2c(F)c(F)ccc2c1. The summed E-state index contributed by atoms with van der Waals surface area (Å²) >= 11 is 0. The van der Waals surface area contributed by atoms with Crippen LogP contribution >= 0.6 is 0 Å². The molecule has 5 heteroatoms. The first-order valence-electron chi connectivity index (χ1n) is 4.96. The standard InChI is InChI=1S/C12H10F2N2O/c1-16(2)12(17)8-5-7-3-4-9(13)10(14)11(7)15-6-8/h3-6H,1-2H3. The van der Waals surface area contributed by atoms with Crippen LogP contribution in [0, 0.1) is 11.6 Å². The van der Waals surface area contributed by atoms with Crippen LogP contribution in [0.3, 0.4) is 0 Å². The van der Waals surface area contributed by atoms with Gasteiger partial charge in [0, 0.05) is 25.7 Å². The summed E-state index contributed by atoms with van der Waals surface area (Å²) in [7, 11) is 3.22. The first-order chi connectivity index (χ1) is 8.00. The van der Waals surface area contributed by atoms with E-state index in [1.54, 1.807) is 14.1 Å². The number of halogens is 2. The number of aromatic nitrogens is 1. The van der Waals surface area contributed by atoms with E-state index in [9.17, 15) is 13.6 Å². The Labute approximate surface area is 96.7 Å². The van der Waals surface area contributed by atoms with Gasteiger partial charge in [0.2, 0.25) is 0 Å². The molecule has 0 unspecified atom stereocenters. The molecule has 0 atom stereocenters. The minimum absolute atomic E-state index is 0.0692. The molecule has 2 rings (SSSR count). The summed E-state index contributed by atoms with van der Waals surface area (Å²) in [5, 5.41) is 0.400. The van der Waals surface area contributed by atoms with E-state index in [4.69, 9.17) is 0 Å². The second-order valence-electron chi connectivity index (χ2n) is 3.86. The molecule has 17 heavy (non-hydrogen) atoms. The molecular formula is C12H10F2N2O. The summed E-state index contributed by atoms with van der Waals surface area (Å²) in [4.78, 5) is 16.8. The fourth-order valence-electron chi connectivity index (χ4n) is 1.52. The molecular weight excluding hydrogens is 226 g/mol. The summed E-state index contributed by atoms with van der Waals surface area (Å²) in [6, 6.07) is 3.91. The fraction of sp³-hybridized carbons (Fsp3) is 0.167. The number of fused-ring (bicyclic) bond motifs is 1. The third kappa shape index (κ3) is 1.95. The lowest BCUT2D eigenvalue weighted by atomic mass is 10.1. The van der Waals surface area contributed by atoms with E-state index >= 15 is 0 Å². The summed E-state index contributed by atoms with van der Waals surface area (Å²) < 4.78 is 26.3. The van der Waals surface area contributed by atoms with E-state index in [0.29, 0.717) is 10.9 Å². The van der Waals surface area contributed by atoms with Crippen molar-refractivity contribution in [1.82, 2.24) is 9.88 Å². The van der Waals surface area contributed by atoms with Crippen LogP contribution in [0.5, 0.6) is 0 Å². The van der Waals surface area contributed by atoms with Crippen LogP contribution in [-0.4, -0.2) is 29.9 Å². The van der Waals surface area contributed by atoms with Crippen LogP contribution in [0.25, 0.3) is 10.9 Å². The second kappa shape index (κ2) is 4.08. The van der Waals surface area contributed by atoms with Crippen molar-refractivity contribution in [2.45, 2.75) is 0 Å². The minimum atomic E-state index is -0.994. The molecule has 0 fully saturated rings. The second-order valence-corrected chi connectivity index (χ2v) is 3.86. The molecule has 0 aliphatic rings. The molecule has 1 aromatic carbocycles. The first kappa shape index (κ1) is 11.4. The topological polar surface area (TPSA) is 33.2 Å². The third-order valence-corrected chi connectivity index (χ3v) is 2.40. The van der Waals surface area contributed by atoms with Gasteiger partial charge in [0.25, 0.3) is 5.91 Å². The van der Waals surface area contributed by atoms with Crippen molar-refractivity contribution in [3.05, 3.63) is 41.6 Å². The van der Waals surface area contributed by atoms with Gasteiger partial charge in [0.1, 0.15) is 5.52 Å². The van der Waals surface area contributed by atoms with Gasteiger partial charge < -0.3 is 4.90 Å². The Bertz CT molecular complexity index is 596. The van der Waals surface area contributed by atoms with E-state index in [1.807, 2.05) is 0 Å². The molecule has 3 nitrogen and oxygen atoms in total. The van der Waals surface area contributed by atoms with E-state index in [2.05, 4.69) is 4.98 Å². The maximum Gasteiger partial charge on any atom is 0.254 e. The Hall–Kier alpha value is -2.04. The van der Waals surface area contributed by atoms with Crippen molar-refractivity contribution in [1.29, 1.82) is 0 Å². The Kier molecular flexibility index (Phi) is 2.75. The largest absolute Gasteiger partial charge is 0.345 e. The molecule has 0 spiro atoms. The van der Waals surface area contributed by atoms with Gasteiger partial charge in [-0.25, -0.2) is 8.78 Å². The van der Waals surface area contributed by atoms with Crippen molar-refractivity contribution >= 4 is 16.8 Å². The summed E-state index contributed by atoms with van der Waals surface area (Å²) in [6.07, 6.45) is 1.24. The normalized spacial score (nSPS) is 10.6. The molecule has 0 saturated carbocycles. The third-order valence-electron chi connectivity index (χ3n) is 2.40. The molecule has 2 aromatic rings. The van der Waals surface area contributed by atoms with E-state index in [-0.39, 0.29) is 11.4 Å². The maximum absolute atomic E-state index is 13.4. The van der Waals surface area contributed by atoms with Gasteiger partial charge in [-0.05, 0) is 18.2 Å². The van der Waals surface area contributed by atoms with Crippen molar-refractivity contribution in [3.8, 4) is 0 Å². The summed E-state index contributed by atoms with van der Waals surface area (Å²) in [5.41, 5.74) is 0.272. The minimum Gasteiger partial charge on any atom is -0.345 e. The molecule has 0 N–H and O–H groups in total. The van der Waals surface area contributed by atoms with Crippen LogP contribution in [0.4, 0.5) is 8.78 Å². The molecule has 0 bridgehead atoms. The molecule has 1 heterocycles.